The second-order valence-electron chi connectivity index (χ2n) is 4.35. The van der Waals surface area contributed by atoms with Crippen LogP contribution in [0.2, 0.25) is 5.02 Å². The molecule has 3 heteroatoms. The monoisotopic (exact) mass is 275 g/mol. The van der Waals surface area contributed by atoms with Crippen LogP contribution in [0.1, 0.15) is 25.5 Å². The minimum atomic E-state index is 0.240. The summed E-state index contributed by atoms with van der Waals surface area (Å²) in [5, 5.41) is 4.01. The molecule has 1 N–H and O–H groups in total. The maximum Gasteiger partial charge on any atom is 0.146 e. The van der Waals surface area contributed by atoms with E-state index in [1.807, 2.05) is 42.5 Å². The summed E-state index contributed by atoms with van der Waals surface area (Å²) in [6.45, 7) is 5.13. The van der Waals surface area contributed by atoms with Crippen LogP contribution in [0.4, 0.5) is 0 Å². The number of para-hydroxylation sites is 2. The Morgan fingerprint density at radius 3 is 2.37 bits per heavy atom. The van der Waals surface area contributed by atoms with E-state index in [-0.39, 0.29) is 6.04 Å². The van der Waals surface area contributed by atoms with E-state index in [0.29, 0.717) is 10.8 Å². The zero-order valence-corrected chi connectivity index (χ0v) is 11.9. The number of benzene rings is 2. The smallest absolute Gasteiger partial charge is 0.146 e. The first-order valence-electron chi connectivity index (χ1n) is 6.47. The fourth-order valence-corrected chi connectivity index (χ4v) is 2.17. The van der Waals surface area contributed by atoms with Crippen LogP contribution in [0, 0.1) is 0 Å². The van der Waals surface area contributed by atoms with Crippen LogP contribution in [-0.4, -0.2) is 6.54 Å². The number of ether oxygens (including phenoxy) is 1. The van der Waals surface area contributed by atoms with Crippen molar-refractivity contribution in [1.29, 1.82) is 0 Å². The largest absolute Gasteiger partial charge is 0.455 e. The van der Waals surface area contributed by atoms with Crippen LogP contribution in [0.15, 0.2) is 48.5 Å². The average Bonchev–Trinajstić information content (AvgIpc) is 2.42. The number of hydrogen-bond acceptors (Lipinski definition) is 2. The van der Waals surface area contributed by atoms with Crippen LogP contribution in [0.3, 0.4) is 0 Å². The van der Waals surface area contributed by atoms with Crippen molar-refractivity contribution in [3.8, 4) is 11.5 Å². The Labute approximate surface area is 119 Å². The zero-order chi connectivity index (χ0) is 13.7. The Hall–Kier alpha value is -1.51. The van der Waals surface area contributed by atoms with Gasteiger partial charge in [-0.2, -0.15) is 0 Å². The summed E-state index contributed by atoms with van der Waals surface area (Å²) in [5.74, 6) is 1.52. The van der Waals surface area contributed by atoms with Crippen molar-refractivity contribution in [2.45, 2.75) is 19.9 Å². The third-order valence-electron chi connectivity index (χ3n) is 2.95. The summed E-state index contributed by atoms with van der Waals surface area (Å²) < 4.78 is 5.94. The summed E-state index contributed by atoms with van der Waals surface area (Å²) in [7, 11) is 0. The molecule has 0 fully saturated rings. The second-order valence-corrected chi connectivity index (χ2v) is 4.76. The predicted octanol–water partition coefficient (Wildman–Crippen LogP) is 4.80. The molecule has 0 saturated carbocycles. The van der Waals surface area contributed by atoms with Crippen LogP contribution >= 0.6 is 11.6 Å². The molecule has 0 spiro atoms. The third-order valence-corrected chi connectivity index (χ3v) is 3.26. The van der Waals surface area contributed by atoms with Crippen LogP contribution < -0.4 is 10.1 Å². The Morgan fingerprint density at radius 1 is 1.05 bits per heavy atom. The van der Waals surface area contributed by atoms with E-state index >= 15 is 0 Å². The van der Waals surface area contributed by atoms with Gasteiger partial charge >= 0.3 is 0 Å². The lowest BCUT2D eigenvalue weighted by atomic mass is 10.1. The standard InChI is InChI=1S/C16H18ClNO/c1-3-18-12(2)13-8-4-6-10-15(13)19-16-11-7-5-9-14(16)17/h4-12,18H,3H2,1-2H3. The summed E-state index contributed by atoms with van der Waals surface area (Å²) in [5.41, 5.74) is 1.13. The first kappa shape index (κ1) is 13.9. The highest BCUT2D eigenvalue weighted by Gasteiger charge is 2.11. The highest BCUT2D eigenvalue weighted by atomic mass is 35.5. The van der Waals surface area contributed by atoms with Crippen molar-refractivity contribution in [2.24, 2.45) is 0 Å². The first-order chi connectivity index (χ1) is 9.22. The van der Waals surface area contributed by atoms with Crippen molar-refractivity contribution in [3.05, 3.63) is 59.1 Å². The molecule has 2 rings (SSSR count). The highest BCUT2D eigenvalue weighted by Crippen LogP contribution is 2.33. The van der Waals surface area contributed by atoms with E-state index in [9.17, 15) is 0 Å². The lowest BCUT2D eigenvalue weighted by Gasteiger charge is -2.17. The third kappa shape index (κ3) is 3.49. The van der Waals surface area contributed by atoms with Gasteiger partial charge in [-0.15, -0.1) is 0 Å². The zero-order valence-electron chi connectivity index (χ0n) is 11.2. The molecule has 100 valence electrons. The van der Waals surface area contributed by atoms with Gasteiger partial charge in [0.2, 0.25) is 0 Å². The van der Waals surface area contributed by atoms with E-state index in [1.165, 1.54) is 0 Å². The summed E-state index contributed by atoms with van der Waals surface area (Å²) in [4.78, 5) is 0. The van der Waals surface area contributed by atoms with Gasteiger partial charge in [0.1, 0.15) is 11.5 Å². The Morgan fingerprint density at radius 2 is 1.68 bits per heavy atom. The number of nitrogens with one attached hydrogen (secondary N) is 1. The molecule has 1 unspecified atom stereocenters. The maximum absolute atomic E-state index is 6.13. The maximum atomic E-state index is 6.13. The first-order valence-corrected chi connectivity index (χ1v) is 6.85. The fraction of sp³-hybridized carbons (Fsp3) is 0.250. The molecule has 0 saturated heterocycles. The fourth-order valence-electron chi connectivity index (χ4n) is 1.99. The Kier molecular flexibility index (Phi) is 4.83. The van der Waals surface area contributed by atoms with Crippen LogP contribution in [0.5, 0.6) is 11.5 Å². The van der Waals surface area contributed by atoms with Gasteiger partial charge in [0.15, 0.2) is 0 Å². The summed E-state index contributed by atoms with van der Waals surface area (Å²) in [6, 6.07) is 15.8. The molecule has 19 heavy (non-hydrogen) atoms. The molecule has 0 radical (unpaired) electrons. The number of halogens is 1. The molecule has 2 aromatic carbocycles. The minimum absolute atomic E-state index is 0.240. The van der Waals surface area contributed by atoms with Gasteiger partial charge in [-0.05, 0) is 31.7 Å². The van der Waals surface area contributed by atoms with E-state index in [4.69, 9.17) is 16.3 Å². The lowest BCUT2D eigenvalue weighted by molar-refractivity contribution is 0.463. The van der Waals surface area contributed by atoms with Gasteiger partial charge in [0, 0.05) is 11.6 Å². The van der Waals surface area contributed by atoms with Crippen molar-refractivity contribution in [2.75, 3.05) is 6.54 Å². The van der Waals surface area contributed by atoms with Gasteiger partial charge in [0.25, 0.3) is 0 Å². The van der Waals surface area contributed by atoms with Gasteiger partial charge < -0.3 is 10.1 Å². The number of rotatable bonds is 5. The van der Waals surface area contributed by atoms with E-state index in [0.717, 1.165) is 17.9 Å². The van der Waals surface area contributed by atoms with Crippen molar-refractivity contribution in [3.63, 3.8) is 0 Å². The van der Waals surface area contributed by atoms with Crippen molar-refractivity contribution >= 4 is 11.6 Å². The molecule has 0 heterocycles. The minimum Gasteiger partial charge on any atom is -0.455 e. The van der Waals surface area contributed by atoms with Gasteiger partial charge in [0.05, 0.1) is 5.02 Å². The molecule has 2 nitrogen and oxygen atoms in total. The Bertz CT molecular complexity index is 542. The number of hydrogen-bond donors (Lipinski definition) is 1. The Balaban J connectivity index is 2.28. The molecule has 2 aromatic rings. The van der Waals surface area contributed by atoms with Gasteiger partial charge in [-0.3, -0.25) is 0 Å². The molecular formula is C16H18ClNO. The SMILES string of the molecule is CCNC(C)c1ccccc1Oc1ccccc1Cl. The lowest BCUT2D eigenvalue weighted by Crippen LogP contribution is -2.18. The van der Waals surface area contributed by atoms with Crippen LogP contribution in [-0.2, 0) is 0 Å². The molecular weight excluding hydrogens is 258 g/mol. The van der Waals surface area contributed by atoms with Crippen molar-refractivity contribution < 1.29 is 4.74 Å². The predicted molar refractivity (Wildman–Crippen MR) is 80.1 cm³/mol. The molecule has 0 aliphatic carbocycles. The summed E-state index contributed by atoms with van der Waals surface area (Å²) in [6.07, 6.45) is 0. The van der Waals surface area contributed by atoms with E-state index < -0.39 is 0 Å². The van der Waals surface area contributed by atoms with E-state index in [1.54, 1.807) is 0 Å². The molecule has 1 atom stereocenters. The quantitative estimate of drug-likeness (QED) is 0.846. The molecule has 0 aliphatic rings. The normalized spacial score (nSPS) is 12.2. The summed E-state index contributed by atoms with van der Waals surface area (Å²) >= 11 is 6.13. The average molecular weight is 276 g/mol. The molecule has 0 bridgehead atoms. The highest BCUT2D eigenvalue weighted by molar-refractivity contribution is 6.32. The van der Waals surface area contributed by atoms with Crippen LogP contribution in [0.25, 0.3) is 0 Å². The molecule has 0 aliphatic heterocycles. The van der Waals surface area contributed by atoms with Gasteiger partial charge in [-0.25, -0.2) is 0 Å². The molecule has 0 aromatic heterocycles. The molecule has 0 amide bonds. The van der Waals surface area contributed by atoms with Crippen molar-refractivity contribution in [1.82, 2.24) is 5.32 Å². The topological polar surface area (TPSA) is 21.3 Å². The van der Waals surface area contributed by atoms with E-state index in [2.05, 4.69) is 25.2 Å². The second kappa shape index (κ2) is 6.60. The van der Waals surface area contributed by atoms with Gasteiger partial charge in [-0.1, -0.05) is 48.9 Å².